The lowest BCUT2D eigenvalue weighted by Crippen LogP contribution is -2.54. The monoisotopic (exact) mass is 755 g/mol. The molecule has 2 saturated heterocycles. The zero-order valence-corrected chi connectivity index (χ0v) is 31.3. The van der Waals surface area contributed by atoms with Gasteiger partial charge in [0.2, 0.25) is 31.0 Å². The van der Waals surface area contributed by atoms with E-state index < -0.39 is 73.0 Å². The van der Waals surface area contributed by atoms with Crippen LogP contribution in [0.2, 0.25) is 0 Å². The Morgan fingerprint density at radius 3 is 2.11 bits per heavy atom. The van der Waals surface area contributed by atoms with Crippen molar-refractivity contribution in [1.82, 2.24) is 25.9 Å². The van der Waals surface area contributed by atoms with Crippen LogP contribution >= 0.6 is 7.37 Å². The Morgan fingerprint density at radius 2 is 1.49 bits per heavy atom. The number of hydrazine groups is 1. The Bertz CT molecular complexity index is 1580. The van der Waals surface area contributed by atoms with Crippen LogP contribution in [0, 0.1) is 0 Å². The van der Waals surface area contributed by atoms with Crippen molar-refractivity contribution in [1.29, 1.82) is 0 Å². The topological polar surface area (TPSA) is 226 Å². The number of hydrogen-bond acceptors (Lipinski definition) is 9. The lowest BCUT2D eigenvalue weighted by molar-refractivity contribution is -0.140. The molecule has 2 aliphatic heterocycles. The first-order chi connectivity index (χ1) is 25.4. The summed E-state index contributed by atoms with van der Waals surface area (Å²) in [5.41, 5.74) is 9.89. The van der Waals surface area contributed by atoms with E-state index >= 15 is 0 Å². The first kappa shape index (κ1) is 41.6. The minimum Gasteiger partial charge on any atom is -0.375 e. The third-order valence-electron chi connectivity index (χ3n) is 9.78. The molecule has 15 nitrogen and oxygen atoms in total. The van der Waals surface area contributed by atoms with Crippen molar-refractivity contribution in [3.63, 3.8) is 0 Å². The number of carbonyl (C=O) groups is 5. The van der Waals surface area contributed by atoms with Crippen LogP contribution in [-0.4, -0.2) is 100 Å². The van der Waals surface area contributed by atoms with Gasteiger partial charge in [0, 0.05) is 32.1 Å². The van der Waals surface area contributed by atoms with E-state index in [1.54, 1.807) is 30.3 Å². The van der Waals surface area contributed by atoms with E-state index in [1.165, 1.54) is 9.80 Å². The predicted molar refractivity (Wildman–Crippen MR) is 199 cm³/mol. The lowest BCUT2D eigenvalue weighted by Gasteiger charge is -2.30. The van der Waals surface area contributed by atoms with Crippen molar-refractivity contribution < 1.29 is 38.2 Å². The maximum absolute atomic E-state index is 14.0. The largest absolute Gasteiger partial charge is 0.375 e. The standard InChI is InChI=1S/C37H54N7O8P/c1-2-3-16-29(34(46)42-39)40-35(47)30-17-10-20-43(30)33(45)19-22-53(50,51)32(23-26-12-6-4-7-13-26)41-36(48)31-18-11-21-44(31)37(49)28(38)25-52-24-27-14-8-5-9-15-27/h4-9,12-15,28-32H,2-3,10-11,16-25,38-39H2,1H3,(H,40,47)(H,41,48)(H,42,46)(H,50,51)/t28-,29-,30-,31-,32?/m0/s1. The molecule has 0 saturated carbocycles. The second-order valence-corrected chi connectivity index (χ2v) is 16.3. The number of benzene rings is 2. The molecule has 6 atom stereocenters. The highest BCUT2D eigenvalue weighted by atomic mass is 31.2. The molecular formula is C37H54N7O8P. The minimum absolute atomic E-state index is 0.0131. The summed E-state index contributed by atoms with van der Waals surface area (Å²) in [6, 6.07) is 14.8. The minimum atomic E-state index is -4.25. The van der Waals surface area contributed by atoms with Gasteiger partial charge in [-0.1, -0.05) is 80.4 Å². The third kappa shape index (κ3) is 11.9. The molecule has 0 radical (unpaired) electrons. The van der Waals surface area contributed by atoms with Crippen molar-refractivity contribution in [2.45, 2.75) is 101 Å². The highest BCUT2D eigenvalue weighted by Crippen LogP contribution is 2.47. The second kappa shape index (κ2) is 20.4. The number of rotatable bonds is 19. The Hall–Kier alpha value is -4.14. The number of carbonyl (C=O) groups excluding carboxylic acids is 5. The molecule has 8 N–H and O–H groups in total. The predicted octanol–water partition coefficient (Wildman–Crippen LogP) is 1.52. The molecular weight excluding hydrogens is 701 g/mol. The number of hydrogen-bond donors (Lipinski definition) is 6. The van der Waals surface area contributed by atoms with Crippen LogP contribution in [0.3, 0.4) is 0 Å². The first-order valence-corrected chi connectivity index (χ1v) is 20.3. The number of unbranched alkanes of at least 4 members (excludes halogenated alkanes) is 1. The van der Waals surface area contributed by atoms with Gasteiger partial charge in [-0.25, -0.2) is 5.84 Å². The quantitative estimate of drug-likeness (QED) is 0.0525. The van der Waals surface area contributed by atoms with Crippen LogP contribution in [0.5, 0.6) is 0 Å². The molecule has 0 aromatic heterocycles. The van der Waals surface area contributed by atoms with Gasteiger partial charge in [0.25, 0.3) is 5.91 Å². The van der Waals surface area contributed by atoms with E-state index in [1.807, 2.05) is 37.3 Å². The van der Waals surface area contributed by atoms with Crippen molar-refractivity contribution in [2.24, 2.45) is 11.6 Å². The van der Waals surface area contributed by atoms with Crippen LogP contribution in [0.25, 0.3) is 0 Å². The average molecular weight is 756 g/mol. The molecule has 16 heteroatoms. The smallest absolute Gasteiger partial charge is 0.256 e. The van der Waals surface area contributed by atoms with Crippen LogP contribution < -0.4 is 27.6 Å². The Kier molecular flexibility index (Phi) is 16.0. The van der Waals surface area contributed by atoms with Crippen molar-refractivity contribution in [2.75, 3.05) is 25.9 Å². The highest BCUT2D eigenvalue weighted by Gasteiger charge is 2.41. The summed E-state index contributed by atoms with van der Waals surface area (Å²) in [6.07, 6.45) is 2.94. The van der Waals surface area contributed by atoms with E-state index in [0.29, 0.717) is 50.6 Å². The maximum Gasteiger partial charge on any atom is 0.256 e. The van der Waals surface area contributed by atoms with E-state index in [4.69, 9.17) is 16.3 Å². The fraction of sp³-hybridized carbons (Fsp3) is 0.541. The summed E-state index contributed by atoms with van der Waals surface area (Å²) in [7, 11) is -4.25. The molecule has 2 heterocycles. The Labute approximate surface area is 311 Å². The fourth-order valence-corrected chi connectivity index (χ4v) is 8.44. The molecule has 2 aromatic carbocycles. The molecule has 5 amide bonds. The molecule has 0 spiro atoms. The second-order valence-electron chi connectivity index (χ2n) is 13.7. The van der Waals surface area contributed by atoms with E-state index in [9.17, 15) is 33.4 Å². The normalized spacial score (nSPS) is 19.8. The summed E-state index contributed by atoms with van der Waals surface area (Å²) in [5.74, 6) is 1.54. The van der Waals surface area contributed by atoms with Gasteiger partial charge in [0.1, 0.15) is 30.0 Å². The zero-order chi connectivity index (χ0) is 38.4. The molecule has 0 aliphatic carbocycles. The number of nitrogens with zero attached hydrogens (tertiary/aromatic N) is 2. The number of amides is 5. The first-order valence-electron chi connectivity index (χ1n) is 18.4. The summed E-state index contributed by atoms with van der Waals surface area (Å²) in [5, 5.41) is 5.47. The Morgan fingerprint density at radius 1 is 0.906 bits per heavy atom. The number of likely N-dealkylation sites (tertiary alicyclic amines) is 2. The molecule has 2 aliphatic rings. The SMILES string of the molecule is CCCC[C@H](NC(=O)[C@@H]1CCCN1C(=O)CCP(=O)(O)C(Cc1ccccc1)NC(=O)[C@@H]1CCCN1C(=O)[C@@H](N)COCc1ccccc1)C(=O)NN. The van der Waals surface area contributed by atoms with Gasteiger partial charge in [-0.3, -0.25) is 34.0 Å². The average Bonchev–Trinajstić information content (AvgIpc) is 3.87. The van der Waals surface area contributed by atoms with E-state index in [-0.39, 0.29) is 32.6 Å². The molecule has 2 fully saturated rings. The van der Waals surface area contributed by atoms with Crippen molar-refractivity contribution >= 4 is 36.9 Å². The fourth-order valence-electron chi connectivity index (χ4n) is 6.80. The zero-order valence-electron chi connectivity index (χ0n) is 30.4. The van der Waals surface area contributed by atoms with Crippen LogP contribution in [0.4, 0.5) is 0 Å². The van der Waals surface area contributed by atoms with Gasteiger partial charge in [-0.05, 0) is 43.2 Å². The molecule has 4 rings (SSSR count). The van der Waals surface area contributed by atoms with Crippen molar-refractivity contribution in [3.05, 3.63) is 71.8 Å². The third-order valence-corrected chi connectivity index (χ3v) is 11.9. The van der Waals surface area contributed by atoms with Gasteiger partial charge in [0.05, 0.1) is 13.2 Å². The van der Waals surface area contributed by atoms with Gasteiger partial charge in [-0.15, -0.1) is 0 Å². The molecule has 290 valence electrons. The molecule has 0 bridgehead atoms. The number of nitrogens with one attached hydrogen (secondary N) is 3. The molecule has 2 unspecified atom stereocenters. The van der Waals surface area contributed by atoms with Gasteiger partial charge >= 0.3 is 0 Å². The lowest BCUT2D eigenvalue weighted by atomic mass is 10.1. The van der Waals surface area contributed by atoms with E-state index in [2.05, 4.69) is 16.1 Å². The summed E-state index contributed by atoms with van der Waals surface area (Å²) >= 11 is 0. The number of ether oxygens (including phenoxy) is 1. The number of nitrogens with two attached hydrogens (primary N) is 2. The summed E-state index contributed by atoms with van der Waals surface area (Å²) < 4.78 is 19.7. The molecule has 2 aromatic rings. The maximum atomic E-state index is 14.0. The van der Waals surface area contributed by atoms with Crippen LogP contribution in [0.1, 0.15) is 69.4 Å². The summed E-state index contributed by atoms with van der Waals surface area (Å²) in [4.78, 5) is 80.3. The molecule has 53 heavy (non-hydrogen) atoms. The van der Waals surface area contributed by atoms with Gasteiger partial charge in [-0.2, -0.15) is 0 Å². The van der Waals surface area contributed by atoms with Crippen molar-refractivity contribution in [3.8, 4) is 0 Å². The van der Waals surface area contributed by atoms with Crippen LogP contribution in [0.15, 0.2) is 60.7 Å². The van der Waals surface area contributed by atoms with Gasteiger partial charge in [0.15, 0.2) is 0 Å². The van der Waals surface area contributed by atoms with Gasteiger partial charge < -0.3 is 35.8 Å². The van der Waals surface area contributed by atoms with E-state index in [0.717, 1.165) is 12.0 Å². The highest BCUT2D eigenvalue weighted by molar-refractivity contribution is 7.58. The summed E-state index contributed by atoms with van der Waals surface area (Å²) in [6.45, 7) is 2.78. The van der Waals surface area contributed by atoms with Crippen LogP contribution in [-0.2, 0) is 46.3 Å². The Balaban J connectivity index is 1.39.